The highest BCUT2D eigenvalue weighted by atomic mass is 17.8. The Morgan fingerprint density at radius 3 is 1.90 bits per heavy atom. The maximum Gasteiger partial charge on any atom is 0.540 e. The van der Waals surface area contributed by atoms with E-state index in [1.54, 1.807) is 0 Å². The average molecular weight is 294 g/mol. The van der Waals surface area contributed by atoms with Crippen LogP contribution in [0.3, 0.4) is 0 Å². The fraction of sp³-hybridized carbons (Fsp3) is 0.923. The Balaban J connectivity index is 2.94. The third-order valence-corrected chi connectivity index (χ3v) is 2.79. The Morgan fingerprint density at radius 1 is 0.800 bits per heavy atom. The van der Waals surface area contributed by atoms with Gasteiger partial charge in [0, 0.05) is 10.1 Å². The Morgan fingerprint density at radius 2 is 1.35 bits per heavy atom. The van der Waals surface area contributed by atoms with E-state index < -0.39 is 6.16 Å². The molecule has 0 aliphatic heterocycles. The Bertz CT molecular complexity index is 211. The summed E-state index contributed by atoms with van der Waals surface area (Å²) >= 11 is 0. The summed E-state index contributed by atoms with van der Waals surface area (Å²) in [5, 5.41) is 19.5. The van der Waals surface area contributed by atoms with Crippen LogP contribution in [0.15, 0.2) is 0 Å². The fourth-order valence-electron chi connectivity index (χ4n) is 1.76. The summed E-state index contributed by atoms with van der Waals surface area (Å²) in [7, 11) is 0. The number of carbonyl (C=O) groups is 1. The van der Waals surface area contributed by atoms with Crippen LogP contribution in [0, 0.1) is 0 Å². The minimum absolute atomic E-state index is 0.354. The van der Waals surface area contributed by atoms with Gasteiger partial charge >= 0.3 is 6.16 Å². The quantitative estimate of drug-likeness (QED) is 0.273. The molecule has 0 bridgehead atoms. The second-order valence-corrected chi connectivity index (χ2v) is 4.56. The molecule has 0 spiro atoms. The summed E-state index contributed by atoms with van der Waals surface area (Å²) in [5.41, 5.74) is 0. The molecule has 0 aromatic heterocycles. The molecule has 0 aliphatic carbocycles. The van der Waals surface area contributed by atoms with Crippen molar-refractivity contribution in [2.24, 2.45) is 0 Å². The molecule has 120 valence electrons. The summed E-state index contributed by atoms with van der Waals surface area (Å²) in [6.45, 7) is 2.58. The van der Waals surface area contributed by atoms with Gasteiger partial charge in [0.15, 0.2) is 0 Å². The normalized spacial score (nSPS) is 10.7. The standard InChI is InChI=1S/C13H26O7/c1-2-3-4-5-6-7-8-9-10-11-12-16-18-20-19-17-13(14)15/h2-12H2,1H3,(H,14,15). The third kappa shape index (κ3) is 17.1. The van der Waals surface area contributed by atoms with Gasteiger partial charge in [0.2, 0.25) is 0 Å². The van der Waals surface area contributed by atoms with Gasteiger partial charge in [-0.15, -0.1) is 0 Å². The maximum absolute atomic E-state index is 9.81. The second-order valence-electron chi connectivity index (χ2n) is 4.56. The molecule has 0 atom stereocenters. The molecule has 0 heterocycles. The minimum Gasteiger partial charge on any atom is -0.448 e. The molecular formula is C13H26O7. The molecule has 7 nitrogen and oxygen atoms in total. The van der Waals surface area contributed by atoms with Crippen molar-refractivity contribution in [1.29, 1.82) is 0 Å². The molecule has 0 fully saturated rings. The van der Waals surface area contributed by atoms with Gasteiger partial charge in [0.25, 0.3) is 0 Å². The van der Waals surface area contributed by atoms with E-state index >= 15 is 0 Å². The highest BCUT2D eigenvalue weighted by Crippen LogP contribution is 2.10. The van der Waals surface area contributed by atoms with E-state index in [9.17, 15) is 4.79 Å². The zero-order valence-corrected chi connectivity index (χ0v) is 12.2. The first-order chi connectivity index (χ1) is 9.77. The van der Waals surface area contributed by atoms with E-state index in [1.165, 1.54) is 51.4 Å². The SMILES string of the molecule is CCCCCCCCCCCCOOOOOC(=O)O. The van der Waals surface area contributed by atoms with E-state index in [2.05, 4.69) is 31.8 Å². The Labute approximate surface area is 119 Å². The van der Waals surface area contributed by atoms with Gasteiger partial charge in [-0.3, -0.25) is 0 Å². The van der Waals surface area contributed by atoms with Gasteiger partial charge < -0.3 is 5.11 Å². The van der Waals surface area contributed by atoms with Crippen LogP contribution < -0.4 is 0 Å². The molecule has 0 saturated carbocycles. The summed E-state index contributed by atoms with van der Waals surface area (Å²) < 4.78 is 0. The largest absolute Gasteiger partial charge is 0.540 e. The average Bonchev–Trinajstić information content (AvgIpc) is 2.43. The zero-order chi connectivity index (χ0) is 14.9. The molecule has 0 aliphatic rings. The van der Waals surface area contributed by atoms with Crippen LogP contribution in [0.25, 0.3) is 0 Å². The first-order valence-corrected chi connectivity index (χ1v) is 7.29. The van der Waals surface area contributed by atoms with E-state index in [1.807, 2.05) is 0 Å². The zero-order valence-electron chi connectivity index (χ0n) is 12.2. The minimum atomic E-state index is -1.64. The molecular weight excluding hydrogens is 268 g/mol. The molecule has 0 saturated heterocycles. The van der Waals surface area contributed by atoms with Gasteiger partial charge in [0.05, 0.1) is 6.61 Å². The van der Waals surface area contributed by atoms with E-state index in [0.29, 0.717) is 6.61 Å². The summed E-state index contributed by atoms with van der Waals surface area (Å²) in [4.78, 5) is 17.9. The molecule has 0 amide bonds. The molecule has 0 rings (SSSR count). The molecule has 0 unspecified atom stereocenters. The van der Waals surface area contributed by atoms with E-state index in [0.717, 1.165) is 12.8 Å². The number of carboxylic acid groups (broad SMARTS) is 1. The van der Waals surface area contributed by atoms with Crippen molar-refractivity contribution < 1.29 is 34.8 Å². The molecule has 0 aromatic carbocycles. The molecule has 0 aromatic rings. The van der Waals surface area contributed by atoms with Crippen molar-refractivity contribution in [2.45, 2.75) is 71.1 Å². The fourth-order valence-corrected chi connectivity index (χ4v) is 1.76. The maximum atomic E-state index is 9.81. The van der Waals surface area contributed by atoms with Gasteiger partial charge in [0.1, 0.15) is 0 Å². The molecule has 20 heavy (non-hydrogen) atoms. The van der Waals surface area contributed by atoms with Crippen LogP contribution in [0.1, 0.15) is 71.1 Å². The lowest BCUT2D eigenvalue weighted by Gasteiger charge is -2.02. The van der Waals surface area contributed by atoms with Crippen LogP contribution in [-0.4, -0.2) is 17.9 Å². The number of hydrogen-bond donors (Lipinski definition) is 1. The summed E-state index contributed by atoms with van der Waals surface area (Å²) in [6, 6.07) is 0. The van der Waals surface area contributed by atoms with Crippen molar-refractivity contribution in [1.82, 2.24) is 0 Å². The highest BCUT2D eigenvalue weighted by Gasteiger charge is 1.99. The lowest BCUT2D eigenvalue weighted by Crippen LogP contribution is -2.04. The van der Waals surface area contributed by atoms with Crippen molar-refractivity contribution in [3.63, 3.8) is 0 Å². The van der Waals surface area contributed by atoms with Crippen LogP contribution in [-0.2, 0) is 24.9 Å². The monoisotopic (exact) mass is 294 g/mol. The lowest BCUT2D eigenvalue weighted by atomic mass is 10.1. The third-order valence-electron chi connectivity index (χ3n) is 2.79. The van der Waals surface area contributed by atoms with E-state index in [-0.39, 0.29) is 0 Å². The van der Waals surface area contributed by atoms with Crippen LogP contribution in [0.4, 0.5) is 4.79 Å². The summed E-state index contributed by atoms with van der Waals surface area (Å²) in [5.74, 6) is 0. The topological polar surface area (TPSA) is 83.5 Å². The van der Waals surface area contributed by atoms with Gasteiger partial charge in [-0.2, -0.15) is 0 Å². The van der Waals surface area contributed by atoms with Crippen LogP contribution >= 0.6 is 0 Å². The number of rotatable bonds is 15. The lowest BCUT2D eigenvalue weighted by molar-refractivity contribution is -0.698. The summed E-state index contributed by atoms with van der Waals surface area (Å²) in [6.07, 6.45) is 10.7. The first kappa shape index (κ1) is 19.1. The molecule has 7 heteroatoms. The Kier molecular flexibility index (Phi) is 15.4. The number of hydrogen-bond acceptors (Lipinski definition) is 6. The van der Waals surface area contributed by atoms with Gasteiger partial charge in [-0.05, 0) is 11.5 Å². The van der Waals surface area contributed by atoms with Crippen molar-refractivity contribution >= 4 is 6.16 Å². The Hall–Kier alpha value is -0.890. The predicted molar refractivity (Wildman–Crippen MR) is 70.2 cm³/mol. The molecule has 0 radical (unpaired) electrons. The van der Waals surface area contributed by atoms with Gasteiger partial charge in [-0.1, -0.05) is 64.7 Å². The first-order valence-electron chi connectivity index (χ1n) is 7.29. The highest BCUT2D eigenvalue weighted by molar-refractivity contribution is 5.55. The smallest absolute Gasteiger partial charge is 0.448 e. The van der Waals surface area contributed by atoms with Crippen molar-refractivity contribution in [3.05, 3.63) is 0 Å². The van der Waals surface area contributed by atoms with E-state index in [4.69, 9.17) is 5.11 Å². The predicted octanol–water partition coefficient (Wildman–Crippen LogP) is 4.33. The van der Waals surface area contributed by atoms with Crippen LogP contribution in [0.2, 0.25) is 0 Å². The second kappa shape index (κ2) is 16.2. The van der Waals surface area contributed by atoms with Crippen LogP contribution in [0.5, 0.6) is 0 Å². The van der Waals surface area contributed by atoms with Gasteiger partial charge in [-0.25, -0.2) is 14.6 Å². The number of unbranched alkanes of at least 4 members (excludes halogenated alkanes) is 9. The molecule has 1 N–H and O–H groups in total. The van der Waals surface area contributed by atoms with Crippen molar-refractivity contribution in [3.8, 4) is 0 Å². The van der Waals surface area contributed by atoms with Crippen molar-refractivity contribution in [2.75, 3.05) is 6.61 Å².